The predicted octanol–water partition coefficient (Wildman–Crippen LogP) is 3.28. The van der Waals surface area contributed by atoms with Crippen molar-refractivity contribution in [1.29, 1.82) is 0 Å². The molecule has 0 spiro atoms. The second-order valence-corrected chi connectivity index (χ2v) is 4.54. The highest BCUT2D eigenvalue weighted by Crippen LogP contribution is 2.20. The monoisotopic (exact) mass is 326 g/mol. The van der Waals surface area contributed by atoms with Crippen LogP contribution in [0.15, 0.2) is 40.8 Å². The zero-order chi connectivity index (χ0) is 17.0. The lowest BCUT2D eigenvalue weighted by Crippen LogP contribution is -2.26. The topological polar surface area (TPSA) is 94.6 Å². The summed E-state index contributed by atoms with van der Waals surface area (Å²) >= 11 is 0. The highest BCUT2D eigenvalue weighted by Gasteiger charge is 2.19. The van der Waals surface area contributed by atoms with Crippen molar-refractivity contribution in [1.82, 2.24) is 5.32 Å². The van der Waals surface area contributed by atoms with Gasteiger partial charge in [0.2, 0.25) is 0 Å². The Labute approximate surface area is 129 Å². The lowest BCUT2D eigenvalue weighted by molar-refractivity contribution is -0.402. The van der Waals surface area contributed by atoms with Crippen molar-refractivity contribution in [2.75, 3.05) is 0 Å². The summed E-state index contributed by atoms with van der Waals surface area (Å²) in [6.07, 6.45) is 0. The normalized spacial score (nSPS) is 12.0. The Kier molecular flexibility index (Phi) is 4.89. The second kappa shape index (κ2) is 6.86. The number of benzene rings is 1. The number of alkyl halides is 2. The minimum Gasteiger partial charge on any atom is -0.435 e. The molecule has 0 bridgehead atoms. The largest absolute Gasteiger partial charge is 0.435 e. The van der Waals surface area contributed by atoms with Gasteiger partial charge in [-0.3, -0.25) is 14.9 Å². The van der Waals surface area contributed by atoms with Crippen LogP contribution in [0.4, 0.5) is 14.7 Å². The summed E-state index contributed by atoms with van der Waals surface area (Å²) in [5.41, 5.74) is 0.640. The highest BCUT2D eigenvalue weighted by molar-refractivity contribution is 5.91. The standard InChI is InChI=1S/C14H12F2N2O5/c1-8(9-2-4-10(5-3-9)22-14(15)16)17-13(19)11-6-7-12(23-11)18(20)21/h2-8,14H,1H3,(H,17,19). The number of carbonyl (C=O) groups excluding carboxylic acids is 1. The van der Waals surface area contributed by atoms with Gasteiger partial charge in [0.1, 0.15) is 10.7 Å². The van der Waals surface area contributed by atoms with Crippen LogP contribution in [0.3, 0.4) is 0 Å². The van der Waals surface area contributed by atoms with Gasteiger partial charge in [0.15, 0.2) is 5.76 Å². The Balaban J connectivity index is 2.01. The number of rotatable bonds is 6. The molecule has 0 aliphatic carbocycles. The minimum absolute atomic E-state index is 0.00364. The molecule has 0 fully saturated rings. The van der Waals surface area contributed by atoms with Crippen LogP contribution in [0.25, 0.3) is 0 Å². The Morgan fingerprint density at radius 3 is 2.43 bits per heavy atom. The predicted molar refractivity (Wildman–Crippen MR) is 74.3 cm³/mol. The molecule has 23 heavy (non-hydrogen) atoms. The number of amides is 1. The maximum atomic E-state index is 12.1. The molecule has 1 atom stereocenters. The lowest BCUT2D eigenvalue weighted by Gasteiger charge is -2.14. The van der Waals surface area contributed by atoms with Crippen molar-refractivity contribution in [3.63, 3.8) is 0 Å². The maximum Gasteiger partial charge on any atom is 0.433 e. The molecule has 1 heterocycles. The summed E-state index contributed by atoms with van der Waals surface area (Å²) in [6.45, 7) is -1.24. The third-order valence-corrected chi connectivity index (χ3v) is 2.95. The molecule has 7 nitrogen and oxygen atoms in total. The van der Waals surface area contributed by atoms with E-state index in [4.69, 9.17) is 4.42 Å². The zero-order valence-corrected chi connectivity index (χ0v) is 11.9. The molecular weight excluding hydrogens is 314 g/mol. The number of hydrogen-bond donors (Lipinski definition) is 1. The molecule has 0 aliphatic heterocycles. The van der Waals surface area contributed by atoms with Gasteiger partial charge in [0.05, 0.1) is 12.1 Å². The molecule has 1 aromatic carbocycles. The first kappa shape index (κ1) is 16.4. The zero-order valence-electron chi connectivity index (χ0n) is 11.9. The molecule has 1 unspecified atom stereocenters. The third kappa shape index (κ3) is 4.25. The van der Waals surface area contributed by atoms with E-state index >= 15 is 0 Å². The summed E-state index contributed by atoms with van der Waals surface area (Å²) in [6, 6.07) is 7.55. The van der Waals surface area contributed by atoms with E-state index in [0.29, 0.717) is 5.56 Å². The SMILES string of the molecule is CC(NC(=O)c1ccc([N+](=O)[O-])o1)c1ccc(OC(F)F)cc1. The van der Waals surface area contributed by atoms with Gasteiger partial charge in [-0.25, -0.2) is 0 Å². The molecule has 122 valence electrons. The number of nitrogens with zero attached hydrogens (tertiary/aromatic N) is 1. The first-order chi connectivity index (χ1) is 10.9. The van der Waals surface area contributed by atoms with E-state index in [1.165, 1.54) is 30.3 Å². The maximum absolute atomic E-state index is 12.1. The van der Waals surface area contributed by atoms with E-state index < -0.39 is 29.4 Å². The van der Waals surface area contributed by atoms with Crippen LogP contribution in [-0.4, -0.2) is 17.4 Å². The van der Waals surface area contributed by atoms with Crippen molar-refractivity contribution in [2.24, 2.45) is 0 Å². The van der Waals surface area contributed by atoms with E-state index in [1.54, 1.807) is 6.92 Å². The van der Waals surface area contributed by atoms with Crippen LogP contribution < -0.4 is 10.1 Å². The van der Waals surface area contributed by atoms with Gasteiger partial charge in [0.25, 0.3) is 5.91 Å². The van der Waals surface area contributed by atoms with Gasteiger partial charge < -0.3 is 14.5 Å². The Hall–Kier alpha value is -2.97. The number of ether oxygens (including phenoxy) is 1. The molecule has 0 aliphatic rings. The second-order valence-electron chi connectivity index (χ2n) is 4.54. The summed E-state index contributed by atoms with van der Waals surface area (Å²) in [5, 5.41) is 13.1. The van der Waals surface area contributed by atoms with E-state index in [0.717, 1.165) is 6.07 Å². The van der Waals surface area contributed by atoms with Gasteiger partial charge in [-0.2, -0.15) is 8.78 Å². The molecule has 0 saturated heterocycles. The number of furan rings is 1. The van der Waals surface area contributed by atoms with E-state index in [-0.39, 0.29) is 11.5 Å². The minimum atomic E-state index is -2.91. The fraction of sp³-hybridized carbons (Fsp3) is 0.214. The van der Waals surface area contributed by atoms with Crippen molar-refractivity contribution in [3.8, 4) is 5.75 Å². The summed E-state index contributed by atoms with van der Waals surface area (Å²) in [7, 11) is 0. The molecule has 2 aromatic rings. The van der Waals surface area contributed by atoms with Crippen LogP contribution in [0, 0.1) is 10.1 Å². The first-order valence-electron chi connectivity index (χ1n) is 6.46. The van der Waals surface area contributed by atoms with Gasteiger partial charge >= 0.3 is 12.5 Å². The van der Waals surface area contributed by atoms with E-state index in [9.17, 15) is 23.7 Å². The average molecular weight is 326 g/mol. The van der Waals surface area contributed by atoms with Crippen molar-refractivity contribution >= 4 is 11.8 Å². The number of carbonyl (C=O) groups is 1. The fourth-order valence-electron chi connectivity index (χ4n) is 1.84. The number of nitrogens with one attached hydrogen (secondary N) is 1. The molecule has 9 heteroatoms. The van der Waals surface area contributed by atoms with Crippen LogP contribution >= 0.6 is 0 Å². The number of hydrogen-bond acceptors (Lipinski definition) is 5. The van der Waals surface area contributed by atoms with Crippen LogP contribution in [0.5, 0.6) is 5.75 Å². The quantitative estimate of drug-likeness (QED) is 0.649. The Morgan fingerprint density at radius 1 is 1.26 bits per heavy atom. The van der Waals surface area contributed by atoms with Gasteiger partial charge in [-0.1, -0.05) is 12.1 Å². The summed E-state index contributed by atoms with van der Waals surface area (Å²) in [5.74, 6) is -1.35. The van der Waals surface area contributed by atoms with Crippen LogP contribution in [0.1, 0.15) is 29.1 Å². The van der Waals surface area contributed by atoms with Gasteiger partial charge in [0, 0.05) is 0 Å². The average Bonchev–Trinajstić information content (AvgIpc) is 2.97. The molecular formula is C14H12F2N2O5. The third-order valence-electron chi connectivity index (χ3n) is 2.95. The highest BCUT2D eigenvalue weighted by atomic mass is 19.3. The smallest absolute Gasteiger partial charge is 0.433 e. The molecule has 0 radical (unpaired) electrons. The van der Waals surface area contributed by atoms with Crippen molar-refractivity contribution < 1.29 is 27.7 Å². The molecule has 0 saturated carbocycles. The summed E-state index contributed by atoms with van der Waals surface area (Å²) in [4.78, 5) is 21.7. The van der Waals surface area contributed by atoms with E-state index in [1.807, 2.05) is 0 Å². The van der Waals surface area contributed by atoms with Crippen molar-refractivity contribution in [2.45, 2.75) is 19.6 Å². The van der Waals surface area contributed by atoms with Crippen LogP contribution in [-0.2, 0) is 0 Å². The molecule has 1 N–H and O–H groups in total. The lowest BCUT2D eigenvalue weighted by atomic mass is 10.1. The Morgan fingerprint density at radius 2 is 1.91 bits per heavy atom. The number of nitro groups is 1. The molecule has 2 rings (SSSR count). The number of halogens is 2. The van der Waals surface area contributed by atoms with E-state index in [2.05, 4.69) is 10.1 Å². The van der Waals surface area contributed by atoms with Gasteiger partial charge in [-0.15, -0.1) is 0 Å². The molecule has 1 aromatic heterocycles. The first-order valence-corrected chi connectivity index (χ1v) is 6.46. The van der Waals surface area contributed by atoms with Crippen LogP contribution in [0.2, 0.25) is 0 Å². The molecule has 1 amide bonds. The Bertz CT molecular complexity index is 699. The van der Waals surface area contributed by atoms with Gasteiger partial charge in [-0.05, 0) is 30.7 Å². The van der Waals surface area contributed by atoms with Crippen molar-refractivity contribution in [3.05, 3.63) is 57.8 Å². The fourth-order valence-corrected chi connectivity index (χ4v) is 1.84. The summed E-state index contributed by atoms with van der Waals surface area (Å²) < 4.78 is 33.1.